The summed E-state index contributed by atoms with van der Waals surface area (Å²) in [4.78, 5) is 20.4. The number of anilines is 2. The Labute approximate surface area is 215 Å². The Balaban J connectivity index is 1.83. The zero-order chi connectivity index (χ0) is 26.7. The van der Waals surface area contributed by atoms with Crippen LogP contribution in [0.15, 0.2) is 81.3 Å². The van der Waals surface area contributed by atoms with E-state index in [0.717, 1.165) is 18.5 Å². The first-order valence-electron chi connectivity index (χ1n) is 11.9. The summed E-state index contributed by atoms with van der Waals surface area (Å²) in [7, 11) is -2.68. The van der Waals surface area contributed by atoms with E-state index >= 15 is 0 Å². The van der Waals surface area contributed by atoms with Gasteiger partial charge in [-0.05, 0) is 61.7 Å². The van der Waals surface area contributed by atoms with Crippen molar-refractivity contribution < 1.29 is 17.9 Å². The molecule has 0 unspecified atom stereocenters. The first-order chi connectivity index (χ1) is 17.6. The molecule has 37 heavy (non-hydrogen) atoms. The van der Waals surface area contributed by atoms with E-state index in [9.17, 15) is 22.7 Å². The van der Waals surface area contributed by atoms with E-state index in [0.29, 0.717) is 28.9 Å². The Morgan fingerprint density at radius 2 is 1.70 bits per heavy atom. The van der Waals surface area contributed by atoms with E-state index in [1.807, 2.05) is 37.3 Å². The highest BCUT2D eigenvalue weighted by Gasteiger charge is 2.30. The Bertz CT molecular complexity index is 1580. The van der Waals surface area contributed by atoms with E-state index < -0.39 is 32.0 Å². The molecule has 4 aromatic rings. The van der Waals surface area contributed by atoms with E-state index in [1.54, 1.807) is 37.1 Å². The van der Waals surface area contributed by atoms with Gasteiger partial charge < -0.3 is 15.0 Å². The average Bonchev–Trinajstić information content (AvgIpc) is 2.87. The molecule has 2 N–H and O–H groups in total. The quantitative estimate of drug-likeness (QED) is 0.296. The number of hydrogen-bond donors (Lipinski definition) is 2. The number of halogens is 1. The predicted molar refractivity (Wildman–Crippen MR) is 142 cm³/mol. The van der Waals surface area contributed by atoms with Gasteiger partial charge in [0.1, 0.15) is 5.69 Å². The topological polar surface area (TPSA) is 103 Å². The fourth-order valence-electron chi connectivity index (χ4n) is 4.30. The molecule has 0 radical (unpaired) electrons. The number of rotatable bonds is 8. The summed E-state index contributed by atoms with van der Waals surface area (Å²) in [5.74, 6) is -1.20. The van der Waals surface area contributed by atoms with Gasteiger partial charge in [0.15, 0.2) is 10.6 Å². The molecule has 0 bridgehead atoms. The van der Waals surface area contributed by atoms with Crippen molar-refractivity contribution in [1.82, 2.24) is 9.97 Å². The summed E-state index contributed by atoms with van der Waals surface area (Å²) in [5, 5.41) is 11.3. The van der Waals surface area contributed by atoms with Gasteiger partial charge in [0.25, 0.3) is 5.56 Å². The molecule has 0 aliphatic heterocycles. The number of benzene rings is 2. The second-order valence-corrected chi connectivity index (χ2v) is 10.6. The molecular weight excluding hydrogens is 493 g/mol. The number of aromatic nitrogens is 2. The van der Waals surface area contributed by atoms with Crippen molar-refractivity contribution in [3.8, 4) is 16.9 Å². The first-order valence-corrected chi connectivity index (χ1v) is 13.4. The minimum Gasteiger partial charge on any atom is -0.504 e. The smallest absolute Gasteiger partial charge is 0.271 e. The molecule has 4 rings (SSSR count). The fourth-order valence-corrected chi connectivity index (χ4v) is 5.68. The predicted octanol–water partition coefficient (Wildman–Crippen LogP) is 5.53. The van der Waals surface area contributed by atoms with Gasteiger partial charge in [-0.25, -0.2) is 13.4 Å². The monoisotopic (exact) mass is 521 g/mol. The first kappa shape index (κ1) is 26.1. The molecule has 7 nitrogen and oxygen atoms in total. The number of unbranched alkanes of at least 4 members (excludes halogenated alkanes) is 1. The van der Waals surface area contributed by atoms with Crippen molar-refractivity contribution in [2.24, 2.45) is 0 Å². The minimum absolute atomic E-state index is 0.153. The molecule has 0 atom stereocenters. The van der Waals surface area contributed by atoms with Crippen LogP contribution in [0.5, 0.6) is 5.75 Å². The van der Waals surface area contributed by atoms with Crippen molar-refractivity contribution in [2.45, 2.75) is 42.9 Å². The van der Waals surface area contributed by atoms with Gasteiger partial charge in [0.05, 0.1) is 4.90 Å². The Morgan fingerprint density at radius 1 is 1.03 bits per heavy atom. The Kier molecular flexibility index (Phi) is 7.45. The molecule has 0 aliphatic carbocycles. The summed E-state index contributed by atoms with van der Waals surface area (Å²) in [6, 6.07) is 17.8. The second-order valence-electron chi connectivity index (χ2n) is 8.75. The zero-order valence-electron chi connectivity index (χ0n) is 20.8. The lowest BCUT2D eigenvalue weighted by Crippen LogP contribution is -2.23. The molecule has 0 spiro atoms. The minimum atomic E-state index is -4.39. The maximum atomic E-state index is 13.6. The largest absolute Gasteiger partial charge is 0.504 e. The second kappa shape index (κ2) is 10.6. The van der Waals surface area contributed by atoms with Crippen LogP contribution in [0.1, 0.15) is 31.2 Å². The number of pyridine rings is 2. The van der Waals surface area contributed by atoms with Crippen molar-refractivity contribution in [1.29, 1.82) is 0 Å². The normalized spacial score (nSPS) is 11.5. The van der Waals surface area contributed by atoms with Crippen molar-refractivity contribution in [2.75, 3.05) is 11.9 Å². The number of aryl methyl sites for hydroxylation is 2. The zero-order valence-corrected chi connectivity index (χ0v) is 21.6. The molecule has 0 amide bonds. The summed E-state index contributed by atoms with van der Waals surface area (Å²) in [6.07, 6.45) is 2.06. The standard InChI is InChI=1S/C28H28FN3O4S/c1-4-5-11-23-25(32(3)20-9-7-6-8-10-20)26(33)27(28(34)31-23)37(35,36)21-14-12-19(13-15-21)22-16-17-24(29)30-18(22)2/h6-10,12-17H,4-5,11H2,1-3H3,(H2,31,33,34). The highest BCUT2D eigenvalue weighted by molar-refractivity contribution is 7.91. The highest BCUT2D eigenvalue weighted by atomic mass is 32.2. The van der Waals surface area contributed by atoms with Crippen molar-refractivity contribution >= 4 is 21.2 Å². The van der Waals surface area contributed by atoms with E-state index in [-0.39, 0.29) is 10.6 Å². The number of H-pyrrole nitrogens is 1. The van der Waals surface area contributed by atoms with Crippen LogP contribution in [0.2, 0.25) is 0 Å². The molecule has 2 aromatic carbocycles. The molecule has 2 heterocycles. The summed E-state index contributed by atoms with van der Waals surface area (Å²) >= 11 is 0. The summed E-state index contributed by atoms with van der Waals surface area (Å²) < 4.78 is 40.6. The van der Waals surface area contributed by atoms with Crippen molar-refractivity contribution in [3.05, 3.63) is 94.4 Å². The number of aromatic hydroxyl groups is 1. The Hall–Kier alpha value is -3.98. The summed E-state index contributed by atoms with van der Waals surface area (Å²) in [5.41, 5.74) is 2.29. The van der Waals surface area contributed by atoms with Gasteiger partial charge in [-0.1, -0.05) is 43.7 Å². The van der Waals surface area contributed by atoms with Gasteiger partial charge >= 0.3 is 0 Å². The van der Waals surface area contributed by atoms with Crippen LogP contribution in [0.4, 0.5) is 15.8 Å². The van der Waals surface area contributed by atoms with Gasteiger partial charge in [-0.3, -0.25) is 4.79 Å². The SMILES string of the molecule is CCCCc1[nH]c(=O)c(S(=O)(=O)c2ccc(-c3ccc(F)nc3C)cc2)c(O)c1N(C)c1ccccc1. The average molecular weight is 522 g/mol. The molecule has 0 saturated carbocycles. The number of sulfone groups is 1. The van der Waals surface area contributed by atoms with Gasteiger partial charge in [-0.2, -0.15) is 4.39 Å². The lowest BCUT2D eigenvalue weighted by atomic mass is 10.1. The number of hydrogen-bond acceptors (Lipinski definition) is 6. The third kappa shape index (κ3) is 5.13. The molecule has 9 heteroatoms. The Morgan fingerprint density at radius 3 is 2.32 bits per heavy atom. The molecule has 0 saturated heterocycles. The molecule has 0 aliphatic rings. The van der Waals surface area contributed by atoms with Crippen LogP contribution in [-0.2, 0) is 16.3 Å². The van der Waals surface area contributed by atoms with Crippen LogP contribution in [0, 0.1) is 12.9 Å². The van der Waals surface area contributed by atoms with Crippen molar-refractivity contribution in [3.63, 3.8) is 0 Å². The molecule has 2 aromatic heterocycles. The number of nitrogens with zero attached hydrogens (tertiary/aromatic N) is 2. The van der Waals surface area contributed by atoms with Crippen LogP contribution in [-0.4, -0.2) is 30.5 Å². The number of nitrogens with one attached hydrogen (secondary N) is 1. The van der Waals surface area contributed by atoms with Crippen LogP contribution in [0.25, 0.3) is 11.1 Å². The maximum Gasteiger partial charge on any atom is 0.271 e. The highest BCUT2D eigenvalue weighted by Crippen LogP contribution is 2.39. The molecule has 192 valence electrons. The summed E-state index contributed by atoms with van der Waals surface area (Å²) in [6.45, 7) is 3.66. The van der Waals surface area contributed by atoms with Crippen LogP contribution < -0.4 is 10.5 Å². The number of para-hydroxylation sites is 1. The van der Waals surface area contributed by atoms with Gasteiger partial charge in [0.2, 0.25) is 15.8 Å². The molecular formula is C28H28FN3O4S. The van der Waals surface area contributed by atoms with Crippen LogP contribution >= 0.6 is 0 Å². The molecule has 0 fully saturated rings. The third-order valence-electron chi connectivity index (χ3n) is 6.25. The van der Waals surface area contributed by atoms with E-state index in [4.69, 9.17) is 0 Å². The lowest BCUT2D eigenvalue weighted by Gasteiger charge is -2.24. The maximum absolute atomic E-state index is 13.6. The lowest BCUT2D eigenvalue weighted by molar-refractivity contribution is 0.455. The van der Waals surface area contributed by atoms with Gasteiger partial charge in [-0.15, -0.1) is 0 Å². The van der Waals surface area contributed by atoms with E-state index in [2.05, 4.69) is 9.97 Å². The third-order valence-corrected chi connectivity index (χ3v) is 8.06. The van der Waals surface area contributed by atoms with Gasteiger partial charge in [0, 0.05) is 29.7 Å². The fraction of sp³-hybridized carbons (Fsp3) is 0.214. The van der Waals surface area contributed by atoms with E-state index in [1.165, 1.54) is 18.2 Å². The van der Waals surface area contributed by atoms with Crippen LogP contribution in [0.3, 0.4) is 0 Å². The number of aromatic amines is 1.